The number of carbonyl (C=O) groups excluding carboxylic acids is 1. The van der Waals surface area contributed by atoms with Crippen LogP contribution in [0.1, 0.15) is 19.8 Å². The predicted molar refractivity (Wildman–Crippen MR) is 114 cm³/mol. The van der Waals surface area contributed by atoms with Crippen molar-refractivity contribution in [2.24, 2.45) is 0 Å². The van der Waals surface area contributed by atoms with Gasteiger partial charge in [-0.3, -0.25) is 0 Å². The van der Waals surface area contributed by atoms with Crippen molar-refractivity contribution in [1.82, 2.24) is 14.9 Å². The molecule has 29 heavy (non-hydrogen) atoms. The molecular formula is C19H28ClN5O4. The summed E-state index contributed by atoms with van der Waals surface area (Å²) in [6, 6.07) is 3.72. The van der Waals surface area contributed by atoms with Gasteiger partial charge in [-0.1, -0.05) is 0 Å². The fourth-order valence-corrected chi connectivity index (χ4v) is 3.44. The fraction of sp³-hybridized carbons (Fsp3) is 0.526. The van der Waals surface area contributed by atoms with E-state index in [0.29, 0.717) is 35.4 Å². The highest BCUT2D eigenvalue weighted by molar-refractivity contribution is 5.91. The van der Waals surface area contributed by atoms with E-state index in [1.807, 2.05) is 0 Å². The third-order valence-corrected chi connectivity index (χ3v) is 5.07. The first-order valence-corrected chi connectivity index (χ1v) is 9.32. The molecule has 1 aromatic carbocycles. The molecular weight excluding hydrogens is 398 g/mol. The van der Waals surface area contributed by atoms with Crippen LogP contribution in [-0.2, 0) is 4.74 Å². The highest BCUT2D eigenvalue weighted by atomic mass is 35.5. The van der Waals surface area contributed by atoms with E-state index in [-0.39, 0.29) is 24.5 Å². The molecule has 1 aliphatic rings. The third-order valence-electron chi connectivity index (χ3n) is 5.07. The van der Waals surface area contributed by atoms with Gasteiger partial charge in [0.25, 0.3) is 0 Å². The number of piperidine rings is 1. The van der Waals surface area contributed by atoms with Crippen LogP contribution in [0.3, 0.4) is 0 Å². The van der Waals surface area contributed by atoms with Gasteiger partial charge < -0.3 is 29.7 Å². The van der Waals surface area contributed by atoms with Crippen LogP contribution in [0.2, 0.25) is 0 Å². The number of amides is 1. The van der Waals surface area contributed by atoms with E-state index in [0.717, 1.165) is 31.3 Å². The van der Waals surface area contributed by atoms with Gasteiger partial charge in [0.05, 0.1) is 26.3 Å². The maximum Gasteiger partial charge on any atom is 0.409 e. The van der Waals surface area contributed by atoms with E-state index in [2.05, 4.69) is 14.9 Å². The smallest absolute Gasteiger partial charge is 0.409 e. The van der Waals surface area contributed by atoms with E-state index in [4.69, 9.17) is 19.9 Å². The number of aromatic nitrogens is 2. The van der Waals surface area contributed by atoms with Gasteiger partial charge in [-0.05, 0) is 25.8 Å². The molecule has 2 aromatic rings. The second-order valence-electron chi connectivity index (χ2n) is 6.66. The van der Waals surface area contributed by atoms with Gasteiger partial charge in [-0.25, -0.2) is 9.78 Å². The van der Waals surface area contributed by atoms with Crippen LogP contribution in [0.25, 0.3) is 10.9 Å². The summed E-state index contributed by atoms with van der Waals surface area (Å²) in [6.45, 7) is 3.64. The monoisotopic (exact) mass is 425 g/mol. The zero-order valence-electron chi connectivity index (χ0n) is 17.2. The van der Waals surface area contributed by atoms with Crippen molar-refractivity contribution in [3.63, 3.8) is 0 Å². The summed E-state index contributed by atoms with van der Waals surface area (Å²) in [6.07, 6.45) is 1.33. The molecule has 1 aliphatic heterocycles. The van der Waals surface area contributed by atoms with Crippen LogP contribution in [0.5, 0.6) is 11.5 Å². The van der Waals surface area contributed by atoms with Gasteiger partial charge in [-0.15, -0.1) is 12.4 Å². The number of benzene rings is 1. The van der Waals surface area contributed by atoms with Crippen molar-refractivity contribution in [2.45, 2.75) is 25.8 Å². The molecule has 0 bridgehead atoms. The van der Waals surface area contributed by atoms with E-state index in [1.54, 1.807) is 45.2 Å². The molecule has 1 saturated heterocycles. The molecule has 160 valence electrons. The predicted octanol–water partition coefficient (Wildman–Crippen LogP) is 2.71. The second-order valence-corrected chi connectivity index (χ2v) is 6.66. The Morgan fingerprint density at radius 3 is 2.41 bits per heavy atom. The topological polar surface area (TPSA) is 103 Å². The Morgan fingerprint density at radius 2 is 1.83 bits per heavy atom. The molecule has 9 nitrogen and oxygen atoms in total. The normalized spacial score (nSPS) is 14.3. The van der Waals surface area contributed by atoms with Crippen molar-refractivity contribution in [1.29, 1.82) is 0 Å². The lowest BCUT2D eigenvalue weighted by atomic mass is 10.0. The highest BCUT2D eigenvalue weighted by Gasteiger charge is 2.27. The summed E-state index contributed by atoms with van der Waals surface area (Å²) in [5.41, 5.74) is 6.88. The van der Waals surface area contributed by atoms with Crippen LogP contribution >= 0.6 is 12.4 Å². The highest BCUT2D eigenvalue weighted by Crippen LogP contribution is 2.34. The van der Waals surface area contributed by atoms with Gasteiger partial charge in [0.15, 0.2) is 11.5 Å². The summed E-state index contributed by atoms with van der Waals surface area (Å²) in [5.74, 6) is 2.15. The molecule has 3 rings (SSSR count). The Morgan fingerprint density at radius 1 is 1.21 bits per heavy atom. The number of ether oxygens (including phenoxy) is 3. The third kappa shape index (κ3) is 4.67. The number of fused-ring (bicyclic) bond motifs is 1. The van der Waals surface area contributed by atoms with E-state index in [1.165, 1.54) is 0 Å². The Hall–Kier alpha value is -2.68. The lowest BCUT2D eigenvalue weighted by Crippen LogP contribution is -2.46. The Balaban J connectivity index is 0.00000300. The molecule has 0 aliphatic carbocycles. The van der Waals surface area contributed by atoms with E-state index >= 15 is 0 Å². The Labute approximate surface area is 176 Å². The number of nitrogens with two attached hydrogens (primary N) is 1. The quantitative estimate of drug-likeness (QED) is 0.779. The van der Waals surface area contributed by atoms with Gasteiger partial charge in [-0.2, -0.15) is 4.98 Å². The van der Waals surface area contributed by atoms with E-state index in [9.17, 15) is 4.79 Å². The van der Waals surface area contributed by atoms with Crippen molar-refractivity contribution in [3.05, 3.63) is 12.1 Å². The fourth-order valence-electron chi connectivity index (χ4n) is 3.44. The summed E-state index contributed by atoms with van der Waals surface area (Å²) in [5, 5.41) is 0.721. The zero-order chi connectivity index (χ0) is 20.3. The van der Waals surface area contributed by atoms with Gasteiger partial charge in [0, 0.05) is 37.6 Å². The molecule has 1 aromatic heterocycles. The minimum absolute atomic E-state index is 0. The summed E-state index contributed by atoms with van der Waals surface area (Å²) >= 11 is 0. The first kappa shape index (κ1) is 22.6. The molecule has 0 unspecified atom stereocenters. The van der Waals surface area contributed by atoms with Crippen molar-refractivity contribution < 1.29 is 19.0 Å². The SMILES string of the molecule is CCOC(=O)N(C)C1CCN(c2nc(N)c3cc(OC)c(OC)cc3n2)CC1.Cl. The average Bonchev–Trinajstić information content (AvgIpc) is 2.72. The lowest BCUT2D eigenvalue weighted by molar-refractivity contribution is 0.0962. The van der Waals surface area contributed by atoms with Crippen LogP contribution in [0.15, 0.2) is 12.1 Å². The van der Waals surface area contributed by atoms with Crippen LogP contribution in [-0.4, -0.2) is 68.0 Å². The van der Waals surface area contributed by atoms with E-state index < -0.39 is 0 Å². The zero-order valence-corrected chi connectivity index (χ0v) is 18.0. The number of methoxy groups -OCH3 is 2. The minimum Gasteiger partial charge on any atom is -0.493 e. The standard InChI is InChI=1S/C19H27N5O4.ClH/c1-5-28-19(25)23(2)12-6-8-24(9-7-12)18-21-14-11-16(27-4)15(26-3)10-13(14)17(20)22-18;/h10-12H,5-9H2,1-4H3,(H2,20,21,22);1H. The van der Waals surface area contributed by atoms with Crippen LogP contribution < -0.4 is 20.1 Å². The number of rotatable bonds is 5. The molecule has 2 N–H and O–H groups in total. The summed E-state index contributed by atoms with van der Waals surface area (Å²) in [4.78, 5) is 24.8. The molecule has 0 spiro atoms. The number of halogens is 1. The molecule has 1 fully saturated rings. The average molecular weight is 426 g/mol. The first-order valence-electron chi connectivity index (χ1n) is 9.32. The molecule has 0 saturated carbocycles. The lowest BCUT2D eigenvalue weighted by Gasteiger charge is -2.36. The number of anilines is 2. The second kappa shape index (κ2) is 9.69. The Bertz CT molecular complexity index is 858. The number of carbonyl (C=O) groups is 1. The minimum atomic E-state index is -0.284. The van der Waals surface area contributed by atoms with Crippen LogP contribution in [0.4, 0.5) is 16.6 Å². The molecule has 0 atom stereocenters. The van der Waals surface area contributed by atoms with Crippen molar-refractivity contribution >= 4 is 41.2 Å². The molecule has 1 amide bonds. The number of nitrogens with zero attached hydrogens (tertiary/aromatic N) is 4. The first-order chi connectivity index (χ1) is 13.5. The van der Waals surface area contributed by atoms with Crippen LogP contribution in [0, 0.1) is 0 Å². The molecule has 10 heteroatoms. The summed E-state index contributed by atoms with van der Waals surface area (Å²) < 4.78 is 15.8. The molecule has 2 heterocycles. The number of hydrogen-bond acceptors (Lipinski definition) is 8. The maximum atomic E-state index is 11.9. The van der Waals surface area contributed by atoms with Gasteiger partial charge in [0.2, 0.25) is 5.95 Å². The number of nitrogen functional groups attached to an aromatic ring is 1. The van der Waals surface area contributed by atoms with Gasteiger partial charge >= 0.3 is 6.09 Å². The molecule has 0 radical (unpaired) electrons. The van der Waals surface area contributed by atoms with Crippen molar-refractivity contribution in [3.8, 4) is 11.5 Å². The summed E-state index contributed by atoms with van der Waals surface area (Å²) in [7, 11) is 4.94. The largest absolute Gasteiger partial charge is 0.493 e. The Kier molecular flexibility index (Phi) is 7.55. The van der Waals surface area contributed by atoms with Crippen molar-refractivity contribution in [2.75, 3.05) is 51.6 Å². The maximum absolute atomic E-state index is 11.9. The van der Waals surface area contributed by atoms with Gasteiger partial charge in [0.1, 0.15) is 5.82 Å². The number of hydrogen-bond donors (Lipinski definition) is 1.